The molecule has 1 N–H and O–H groups in total. The highest BCUT2D eigenvalue weighted by Crippen LogP contribution is 2.10. The highest BCUT2D eigenvalue weighted by molar-refractivity contribution is 5.43. The molecule has 0 heterocycles. The summed E-state index contributed by atoms with van der Waals surface area (Å²) in [6, 6.07) is 6.35. The van der Waals surface area contributed by atoms with Crippen LogP contribution in [0.25, 0.3) is 0 Å². The Labute approximate surface area is 80.2 Å². The molecule has 13 heavy (non-hydrogen) atoms. The molecule has 0 aliphatic rings. The Hall–Kier alpha value is -1.26. The molecule has 0 unspecified atom stereocenters. The number of nitrogens with one attached hydrogen (secondary N) is 1. The maximum atomic E-state index is 3.14. The van der Waals surface area contributed by atoms with Crippen LogP contribution in [-0.4, -0.2) is 7.05 Å². The van der Waals surface area contributed by atoms with E-state index in [9.17, 15) is 0 Å². The second-order valence-corrected chi connectivity index (χ2v) is 3.07. The van der Waals surface area contributed by atoms with E-state index in [2.05, 4.69) is 42.3 Å². The zero-order chi connectivity index (χ0) is 9.68. The lowest BCUT2D eigenvalue weighted by Gasteiger charge is -2.04. The molecule has 0 radical (unpaired) electrons. The first-order valence-electron chi connectivity index (χ1n) is 4.45. The molecule has 0 saturated carbocycles. The number of rotatable bonds is 2. The van der Waals surface area contributed by atoms with Crippen LogP contribution in [0.15, 0.2) is 18.2 Å². The summed E-state index contributed by atoms with van der Waals surface area (Å²) < 4.78 is 0. The van der Waals surface area contributed by atoms with Crippen molar-refractivity contribution in [3.05, 3.63) is 34.9 Å². The second-order valence-electron chi connectivity index (χ2n) is 3.07. The van der Waals surface area contributed by atoms with Crippen molar-refractivity contribution < 1.29 is 0 Å². The van der Waals surface area contributed by atoms with E-state index in [0.717, 1.165) is 12.1 Å². The van der Waals surface area contributed by atoms with E-state index < -0.39 is 0 Å². The van der Waals surface area contributed by atoms with Gasteiger partial charge in [0.15, 0.2) is 0 Å². The molecule has 1 rings (SSSR count). The normalized spacial score (nSPS) is 9.15. The molecule has 0 fully saturated rings. The minimum Gasteiger partial charge on any atom is -0.316 e. The Morgan fingerprint density at radius 2 is 2.15 bits per heavy atom. The Morgan fingerprint density at radius 3 is 2.77 bits per heavy atom. The maximum absolute atomic E-state index is 3.14. The summed E-state index contributed by atoms with van der Waals surface area (Å²) in [5.41, 5.74) is 3.69. The van der Waals surface area contributed by atoms with Gasteiger partial charge >= 0.3 is 0 Å². The first kappa shape index (κ1) is 9.83. The van der Waals surface area contributed by atoms with Crippen LogP contribution < -0.4 is 5.32 Å². The summed E-state index contributed by atoms with van der Waals surface area (Å²) >= 11 is 0. The van der Waals surface area contributed by atoms with Crippen molar-refractivity contribution in [3.8, 4) is 11.8 Å². The fourth-order valence-corrected chi connectivity index (χ4v) is 1.32. The number of aryl methyl sites for hydroxylation is 1. The summed E-state index contributed by atoms with van der Waals surface area (Å²) in [7, 11) is 1.95. The molecule has 0 atom stereocenters. The highest BCUT2D eigenvalue weighted by Gasteiger charge is 1.98. The molecule has 0 saturated heterocycles. The monoisotopic (exact) mass is 173 g/mol. The predicted molar refractivity (Wildman–Crippen MR) is 56.5 cm³/mol. The zero-order valence-electron chi connectivity index (χ0n) is 8.44. The van der Waals surface area contributed by atoms with Gasteiger partial charge in [0.25, 0.3) is 0 Å². The minimum absolute atomic E-state index is 0.881. The van der Waals surface area contributed by atoms with Crippen molar-refractivity contribution in [2.75, 3.05) is 7.05 Å². The summed E-state index contributed by atoms with van der Waals surface area (Å²) in [6.07, 6.45) is 0. The summed E-state index contributed by atoms with van der Waals surface area (Å²) in [4.78, 5) is 0. The molecular weight excluding hydrogens is 158 g/mol. The van der Waals surface area contributed by atoms with Gasteiger partial charge in [-0.25, -0.2) is 0 Å². The van der Waals surface area contributed by atoms with Gasteiger partial charge < -0.3 is 5.32 Å². The Morgan fingerprint density at radius 1 is 1.38 bits per heavy atom. The number of hydrogen-bond acceptors (Lipinski definition) is 1. The maximum Gasteiger partial charge on any atom is 0.0290 e. The fraction of sp³-hybridized carbons (Fsp3) is 0.333. The van der Waals surface area contributed by atoms with Gasteiger partial charge in [-0.05, 0) is 32.5 Å². The quantitative estimate of drug-likeness (QED) is 0.675. The molecule has 0 aromatic heterocycles. The van der Waals surface area contributed by atoms with Crippen LogP contribution >= 0.6 is 0 Å². The van der Waals surface area contributed by atoms with E-state index in [1.807, 2.05) is 14.0 Å². The molecule has 1 aromatic rings. The average molecular weight is 173 g/mol. The van der Waals surface area contributed by atoms with Gasteiger partial charge in [0.2, 0.25) is 0 Å². The van der Waals surface area contributed by atoms with Gasteiger partial charge in [0, 0.05) is 12.1 Å². The molecular formula is C12H15N. The topological polar surface area (TPSA) is 12.0 Å². The molecule has 0 amide bonds. The van der Waals surface area contributed by atoms with E-state index in [0.29, 0.717) is 0 Å². The molecule has 0 bridgehead atoms. The van der Waals surface area contributed by atoms with E-state index in [4.69, 9.17) is 0 Å². The zero-order valence-corrected chi connectivity index (χ0v) is 8.44. The van der Waals surface area contributed by atoms with Crippen molar-refractivity contribution in [3.63, 3.8) is 0 Å². The van der Waals surface area contributed by atoms with Crippen LogP contribution in [0.1, 0.15) is 23.6 Å². The SMILES string of the molecule is CC#Cc1ccc(C)cc1CNC. The molecule has 1 aromatic carbocycles. The second kappa shape index (κ2) is 4.69. The van der Waals surface area contributed by atoms with E-state index in [-0.39, 0.29) is 0 Å². The van der Waals surface area contributed by atoms with Crippen LogP contribution in [0.5, 0.6) is 0 Å². The Balaban J connectivity index is 3.07. The molecule has 1 nitrogen and oxygen atoms in total. The molecule has 0 aliphatic carbocycles. The largest absolute Gasteiger partial charge is 0.316 e. The molecule has 1 heteroatoms. The summed E-state index contributed by atoms with van der Waals surface area (Å²) in [5.74, 6) is 6.02. The van der Waals surface area contributed by atoms with Gasteiger partial charge in [0.1, 0.15) is 0 Å². The van der Waals surface area contributed by atoms with E-state index in [1.54, 1.807) is 0 Å². The van der Waals surface area contributed by atoms with Crippen LogP contribution in [0.3, 0.4) is 0 Å². The number of benzene rings is 1. The van der Waals surface area contributed by atoms with Crippen molar-refractivity contribution in [1.82, 2.24) is 5.32 Å². The third-order valence-electron chi connectivity index (χ3n) is 1.89. The lowest BCUT2D eigenvalue weighted by molar-refractivity contribution is 0.815. The Kier molecular flexibility index (Phi) is 3.54. The van der Waals surface area contributed by atoms with Crippen LogP contribution in [0.2, 0.25) is 0 Å². The van der Waals surface area contributed by atoms with Gasteiger partial charge in [0.05, 0.1) is 0 Å². The van der Waals surface area contributed by atoms with Gasteiger partial charge in [-0.15, -0.1) is 5.92 Å². The average Bonchev–Trinajstić information content (AvgIpc) is 2.10. The first-order chi connectivity index (χ1) is 6.27. The number of hydrogen-bond donors (Lipinski definition) is 1. The van der Waals surface area contributed by atoms with Crippen molar-refractivity contribution >= 4 is 0 Å². The van der Waals surface area contributed by atoms with Crippen molar-refractivity contribution in [2.24, 2.45) is 0 Å². The van der Waals surface area contributed by atoms with Gasteiger partial charge in [-0.2, -0.15) is 0 Å². The van der Waals surface area contributed by atoms with Crippen LogP contribution in [-0.2, 0) is 6.54 Å². The summed E-state index contributed by atoms with van der Waals surface area (Å²) in [6.45, 7) is 4.84. The smallest absolute Gasteiger partial charge is 0.0290 e. The minimum atomic E-state index is 0.881. The van der Waals surface area contributed by atoms with Crippen LogP contribution in [0, 0.1) is 18.8 Å². The third-order valence-corrected chi connectivity index (χ3v) is 1.89. The Bertz CT molecular complexity index is 342. The van der Waals surface area contributed by atoms with E-state index >= 15 is 0 Å². The third kappa shape index (κ3) is 2.61. The first-order valence-corrected chi connectivity index (χ1v) is 4.45. The van der Waals surface area contributed by atoms with Crippen molar-refractivity contribution in [1.29, 1.82) is 0 Å². The van der Waals surface area contributed by atoms with Gasteiger partial charge in [-0.1, -0.05) is 23.6 Å². The highest BCUT2D eigenvalue weighted by atomic mass is 14.8. The lowest BCUT2D eigenvalue weighted by Crippen LogP contribution is -2.06. The standard InChI is InChI=1S/C12H15N/c1-4-5-11-7-6-10(2)8-12(11)9-13-3/h6-8,13H,9H2,1-3H3. The van der Waals surface area contributed by atoms with Crippen molar-refractivity contribution in [2.45, 2.75) is 20.4 Å². The van der Waals surface area contributed by atoms with Crippen LogP contribution in [0.4, 0.5) is 0 Å². The van der Waals surface area contributed by atoms with E-state index in [1.165, 1.54) is 11.1 Å². The predicted octanol–water partition coefficient (Wildman–Crippen LogP) is 2.09. The molecule has 0 aliphatic heterocycles. The van der Waals surface area contributed by atoms with Gasteiger partial charge in [-0.3, -0.25) is 0 Å². The summed E-state index contributed by atoms with van der Waals surface area (Å²) in [5, 5.41) is 3.14. The fourth-order valence-electron chi connectivity index (χ4n) is 1.32. The molecule has 0 spiro atoms. The molecule has 68 valence electrons. The lowest BCUT2D eigenvalue weighted by atomic mass is 10.0.